The maximum atomic E-state index is 13.5. The minimum absolute atomic E-state index is 0.105. The summed E-state index contributed by atoms with van der Waals surface area (Å²) in [7, 11) is 3.01. The molecule has 2 atom stereocenters. The molecule has 7 nitrogen and oxygen atoms in total. The number of rotatable bonds is 6. The lowest BCUT2D eigenvalue weighted by Gasteiger charge is -2.39. The van der Waals surface area contributed by atoms with Gasteiger partial charge in [0.05, 0.1) is 26.5 Å². The van der Waals surface area contributed by atoms with Crippen molar-refractivity contribution < 1.29 is 32.6 Å². The molecule has 172 valence electrons. The topological polar surface area (TPSA) is 77.1 Å². The van der Waals surface area contributed by atoms with Crippen molar-refractivity contribution in [1.29, 1.82) is 0 Å². The molecule has 0 saturated carbocycles. The molecule has 0 aromatic heterocycles. The number of amides is 2. The third-order valence-electron chi connectivity index (χ3n) is 5.40. The number of nitrogens with one attached hydrogen (secondary N) is 1. The van der Waals surface area contributed by atoms with Gasteiger partial charge in [-0.05, 0) is 44.0 Å². The number of ether oxygens (including phenoxy) is 3. The van der Waals surface area contributed by atoms with E-state index in [1.165, 1.54) is 14.2 Å². The van der Waals surface area contributed by atoms with Gasteiger partial charge in [0.2, 0.25) is 0 Å². The normalized spacial score (nSPS) is 17.4. The fourth-order valence-corrected chi connectivity index (χ4v) is 3.97. The van der Waals surface area contributed by atoms with Crippen LogP contribution in [0.1, 0.15) is 42.1 Å². The molecule has 1 aliphatic heterocycles. The molecule has 0 radical (unpaired) electrons. The fraction of sp³-hybridized carbons (Fsp3) is 0.391. The van der Waals surface area contributed by atoms with Crippen molar-refractivity contribution in [1.82, 2.24) is 5.32 Å². The van der Waals surface area contributed by atoms with E-state index in [4.69, 9.17) is 14.2 Å². The second-order valence-electron chi connectivity index (χ2n) is 7.48. The van der Waals surface area contributed by atoms with Crippen LogP contribution in [0.2, 0.25) is 0 Å². The van der Waals surface area contributed by atoms with Gasteiger partial charge in [-0.15, -0.1) is 0 Å². The highest BCUT2D eigenvalue weighted by molar-refractivity contribution is 5.94. The summed E-state index contributed by atoms with van der Waals surface area (Å²) in [5, 5.41) is 2.74. The van der Waals surface area contributed by atoms with E-state index in [0.717, 1.165) is 17.7 Å². The number of carbonyl (C=O) groups excluding carboxylic acids is 2. The highest BCUT2D eigenvalue weighted by atomic mass is 19.1. The Bertz CT molecular complexity index is 994. The molecule has 2 aromatic carbocycles. The summed E-state index contributed by atoms with van der Waals surface area (Å²) in [6.07, 6.45) is 0.0465. The van der Waals surface area contributed by atoms with Gasteiger partial charge in [0, 0.05) is 36.2 Å². The highest BCUT2D eigenvalue weighted by Crippen LogP contribution is 2.44. The summed E-state index contributed by atoms with van der Waals surface area (Å²) in [6.45, 7) is 4.04. The summed E-state index contributed by atoms with van der Waals surface area (Å²) in [6, 6.07) is 5.91. The predicted molar refractivity (Wildman–Crippen MR) is 115 cm³/mol. The largest absolute Gasteiger partial charge is 0.493 e. The number of nitrogens with zero attached hydrogens (tertiary/aromatic N) is 1. The van der Waals surface area contributed by atoms with Crippen LogP contribution < -0.4 is 19.7 Å². The van der Waals surface area contributed by atoms with Crippen LogP contribution in [-0.2, 0) is 4.74 Å². The Morgan fingerprint density at radius 1 is 1.06 bits per heavy atom. The van der Waals surface area contributed by atoms with E-state index in [1.807, 2.05) is 6.92 Å². The Balaban J connectivity index is 1.92. The van der Waals surface area contributed by atoms with Crippen LogP contribution in [0.5, 0.6) is 11.5 Å². The van der Waals surface area contributed by atoms with Crippen LogP contribution in [0.15, 0.2) is 30.3 Å². The Morgan fingerprint density at radius 3 is 2.28 bits per heavy atom. The molecule has 1 N–H and O–H groups in total. The van der Waals surface area contributed by atoms with Gasteiger partial charge in [-0.3, -0.25) is 9.69 Å². The van der Waals surface area contributed by atoms with Crippen LogP contribution in [-0.4, -0.2) is 45.4 Å². The van der Waals surface area contributed by atoms with E-state index >= 15 is 0 Å². The van der Waals surface area contributed by atoms with Crippen molar-refractivity contribution >= 4 is 17.7 Å². The van der Waals surface area contributed by atoms with Crippen molar-refractivity contribution in [3.63, 3.8) is 0 Å². The van der Waals surface area contributed by atoms with Crippen LogP contribution in [0.3, 0.4) is 0 Å². The lowest BCUT2D eigenvalue weighted by molar-refractivity contribution is 0.0948. The van der Waals surface area contributed by atoms with Crippen molar-refractivity contribution in [2.75, 3.05) is 32.3 Å². The first kappa shape index (κ1) is 23.3. The quantitative estimate of drug-likeness (QED) is 0.715. The van der Waals surface area contributed by atoms with E-state index in [-0.39, 0.29) is 30.7 Å². The third kappa shape index (κ3) is 4.76. The Labute approximate surface area is 185 Å². The van der Waals surface area contributed by atoms with E-state index in [0.29, 0.717) is 29.7 Å². The zero-order chi connectivity index (χ0) is 23.4. The van der Waals surface area contributed by atoms with E-state index in [1.54, 1.807) is 24.0 Å². The van der Waals surface area contributed by atoms with Gasteiger partial charge in [0.1, 0.15) is 11.6 Å². The van der Waals surface area contributed by atoms with E-state index in [9.17, 15) is 18.4 Å². The molecule has 0 bridgehead atoms. The molecular weight excluding hydrogens is 422 g/mol. The fourth-order valence-electron chi connectivity index (χ4n) is 3.97. The molecule has 0 spiro atoms. The number of halogens is 2. The van der Waals surface area contributed by atoms with Gasteiger partial charge in [-0.2, -0.15) is 0 Å². The zero-order valence-corrected chi connectivity index (χ0v) is 18.4. The smallest absolute Gasteiger partial charge is 0.414 e. The van der Waals surface area contributed by atoms with Gasteiger partial charge in [-0.1, -0.05) is 0 Å². The minimum Gasteiger partial charge on any atom is -0.493 e. The first-order valence-corrected chi connectivity index (χ1v) is 10.2. The summed E-state index contributed by atoms with van der Waals surface area (Å²) in [5.41, 5.74) is 1.25. The molecule has 2 unspecified atom stereocenters. The number of benzene rings is 2. The molecule has 2 amide bonds. The molecule has 9 heteroatoms. The highest BCUT2D eigenvalue weighted by Gasteiger charge is 2.36. The van der Waals surface area contributed by atoms with Crippen LogP contribution in [0.25, 0.3) is 0 Å². The van der Waals surface area contributed by atoms with Crippen LogP contribution in [0, 0.1) is 11.6 Å². The monoisotopic (exact) mass is 448 g/mol. The molecular formula is C23H26F2N2O5. The lowest BCUT2D eigenvalue weighted by Crippen LogP contribution is -2.45. The second kappa shape index (κ2) is 9.84. The maximum absolute atomic E-state index is 13.5. The standard InChI is InChI=1S/C23H26F2N2O5/c1-5-32-23(29)27-13(2)6-15(18-10-20(30-3)21(31-4)11-19(18)27)12-26-22(28)14-7-16(24)9-17(25)8-14/h7-11,13,15H,5-6,12H2,1-4H3,(H,26,28). The van der Waals surface area contributed by atoms with Crippen molar-refractivity contribution in [2.24, 2.45) is 0 Å². The first-order valence-electron chi connectivity index (χ1n) is 10.2. The zero-order valence-electron chi connectivity index (χ0n) is 18.4. The second-order valence-corrected chi connectivity index (χ2v) is 7.48. The van der Waals surface area contributed by atoms with Crippen LogP contribution >= 0.6 is 0 Å². The summed E-state index contributed by atoms with van der Waals surface area (Å²) in [4.78, 5) is 26.7. The number of hydrogen-bond donors (Lipinski definition) is 1. The van der Waals surface area contributed by atoms with Gasteiger partial charge in [-0.25, -0.2) is 13.6 Å². The Hall–Kier alpha value is -3.36. The van der Waals surface area contributed by atoms with Crippen molar-refractivity contribution in [2.45, 2.75) is 32.2 Å². The van der Waals surface area contributed by atoms with Gasteiger partial charge in [0.15, 0.2) is 11.5 Å². The molecule has 1 aliphatic rings. The molecule has 2 aromatic rings. The molecule has 32 heavy (non-hydrogen) atoms. The number of anilines is 1. The first-order chi connectivity index (χ1) is 15.3. The molecule has 3 rings (SSSR count). The van der Waals surface area contributed by atoms with Gasteiger partial charge < -0.3 is 19.5 Å². The lowest BCUT2D eigenvalue weighted by atomic mass is 9.85. The molecule has 0 saturated heterocycles. The minimum atomic E-state index is -0.825. The molecule has 0 fully saturated rings. The molecule has 0 aliphatic carbocycles. The predicted octanol–water partition coefficient (Wildman–Crippen LogP) is 4.25. The summed E-state index contributed by atoms with van der Waals surface area (Å²) >= 11 is 0. The number of carbonyl (C=O) groups is 2. The van der Waals surface area contributed by atoms with Gasteiger partial charge in [0.25, 0.3) is 5.91 Å². The van der Waals surface area contributed by atoms with Gasteiger partial charge >= 0.3 is 6.09 Å². The Kier molecular flexibility index (Phi) is 7.17. The average molecular weight is 448 g/mol. The summed E-state index contributed by atoms with van der Waals surface area (Å²) < 4.78 is 43.0. The van der Waals surface area contributed by atoms with Crippen molar-refractivity contribution in [3.05, 3.63) is 53.1 Å². The SMILES string of the molecule is CCOC(=O)N1c2cc(OC)c(OC)cc2C(CNC(=O)c2cc(F)cc(F)c2)CC1C. The van der Waals surface area contributed by atoms with E-state index in [2.05, 4.69) is 5.32 Å². The number of methoxy groups -OCH3 is 2. The third-order valence-corrected chi connectivity index (χ3v) is 5.40. The number of hydrogen-bond acceptors (Lipinski definition) is 5. The van der Waals surface area contributed by atoms with E-state index < -0.39 is 23.6 Å². The average Bonchev–Trinajstić information content (AvgIpc) is 2.75. The molecule has 1 heterocycles. The van der Waals surface area contributed by atoms with Crippen molar-refractivity contribution in [3.8, 4) is 11.5 Å². The van der Waals surface area contributed by atoms with Crippen LogP contribution in [0.4, 0.5) is 19.3 Å². The maximum Gasteiger partial charge on any atom is 0.414 e. The summed E-state index contributed by atoms with van der Waals surface area (Å²) in [5.74, 6) is -1.50. The number of fused-ring (bicyclic) bond motifs is 1. The Morgan fingerprint density at radius 2 is 1.69 bits per heavy atom.